The van der Waals surface area contributed by atoms with E-state index in [-0.39, 0.29) is 12.5 Å². The summed E-state index contributed by atoms with van der Waals surface area (Å²) in [6.07, 6.45) is 1.48. The van der Waals surface area contributed by atoms with Crippen molar-refractivity contribution in [3.63, 3.8) is 0 Å². The van der Waals surface area contributed by atoms with Crippen LogP contribution in [0.15, 0.2) is 71.5 Å². The first-order chi connectivity index (χ1) is 15.9. The maximum Gasteiger partial charge on any atom is 0.407 e. The lowest BCUT2D eigenvalue weighted by molar-refractivity contribution is -0.139. The predicted molar refractivity (Wildman–Crippen MR) is 125 cm³/mol. The van der Waals surface area contributed by atoms with E-state index in [0.29, 0.717) is 10.2 Å². The maximum atomic E-state index is 12.6. The molecule has 1 heterocycles. The molecule has 1 aromatic heterocycles. The van der Waals surface area contributed by atoms with Gasteiger partial charge >= 0.3 is 12.1 Å². The van der Waals surface area contributed by atoms with E-state index in [1.165, 1.54) is 6.20 Å². The fourth-order valence-corrected chi connectivity index (χ4v) is 4.24. The Morgan fingerprint density at radius 2 is 1.67 bits per heavy atom. The number of nitrogens with one attached hydrogen (secondary N) is 2. The largest absolute Gasteiger partial charge is 0.481 e. The Kier molecular flexibility index (Phi) is 6.69. The third kappa shape index (κ3) is 5.20. The number of alkyl carbamates (subject to hydrolysis) is 1. The molecular formula is C24H20BrN3O5. The zero-order chi connectivity index (χ0) is 23.4. The first-order valence-electron chi connectivity index (χ1n) is 10.2. The summed E-state index contributed by atoms with van der Waals surface area (Å²) in [5.74, 6) is -2.07. The number of pyridine rings is 1. The molecule has 3 N–H and O–H groups in total. The number of ether oxygens (including phenoxy) is 1. The van der Waals surface area contributed by atoms with E-state index in [2.05, 4.69) is 31.5 Å². The molecule has 0 radical (unpaired) electrons. The van der Waals surface area contributed by atoms with Gasteiger partial charge in [-0.3, -0.25) is 14.6 Å². The van der Waals surface area contributed by atoms with Gasteiger partial charge in [-0.2, -0.15) is 0 Å². The van der Waals surface area contributed by atoms with E-state index in [1.54, 1.807) is 12.3 Å². The van der Waals surface area contributed by atoms with Crippen LogP contribution < -0.4 is 10.6 Å². The molecule has 9 heteroatoms. The monoisotopic (exact) mass is 509 g/mol. The highest BCUT2D eigenvalue weighted by Gasteiger charge is 2.30. The van der Waals surface area contributed by atoms with Crippen molar-refractivity contribution in [2.24, 2.45) is 0 Å². The molecule has 0 saturated heterocycles. The van der Waals surface area contributed by atoms with Gasteiger partial charge in [-0.25, -0.2) is 4.79 Å². The lowest BCUT2D eigenvalue weighted by Crippen LogP contribution is -2.45. The van der Waals surface area contributed by atoms with Crippen molar-refractivity contribution in [3.05, 3.63) is 82.6 Å². The second-order valence-electron chi connectivity index (χ2n) is 7.50. The second kappa shape index (κ2) is 9.83. The van der Waals surface area contributed by atoms with E-state index in [0.717, 1.165) is 22.3 Å². The number of carbonyl (C=O) groups is 3. The molecule has 1 aliphatic carbocycles. The molecular weight excluding hydrogens is 490 g/mol. The highest BCUT2D eigenvalue weighted by molar-refractivity contribution is 9.10. The smallest absolute Gasteiger partial charge is 0.407 e. The molecule has 33 heavy (non-hydrogen) atoms. The predicted octanol–water partition coefficient (Wildman–Crippen LogP) is 4.16. The molecule has 168 valence electrons. The molecule has 2 amide bonds. The number of hydrogen-bond donors (Lipinski definition) is 3. The van der Waals surface area contributed by atoms with Gasteiger partial charge in [0.2, 0.25) is 5.91 Å². The Labute approximate surface area is 198 Å². The van der Waals surface area contributed by atoms with Crippen molar-refractivity contribution in [1.82, 2.24) is 10.3 Å². The molecule has 3 aromatic rings. The van der Waals surface area contributed by atoms with Crippen molar-refractivity contribution in [1.29, 1.82) is 0 Å². The third-order valence-corrected chi connectivity index (χ3v) is 5.74. The Morgan fingerprint density at radius 1 is 1.03 bits per heavy atom. The zero-order valence-electron chi connectivity index (χ0n) is 17.3. The standard InChI is InChI=1S/C24H20BrN3O5/c25-14-9-15(12-26-11-14)27-23(31)21(10-22(29)30)28-24(32)33-13-20-18-7-3-1-5-16(18)17-6-2-4-8-19(17)20/h1-9,11-12,20-21H,10,13H2,(H,27,31)(H,28,32)(H,29,30). The van der Waals surface area contributed by atoms with Gasteiger partial charge in [-0.05, 0) is 44.3 Å². The van der Waals surface area contributed by atoms with Gasteiger partial charge in [-0.1, -0.05) is 48.5 Å². The number of carboxylic acids is 1. The van der Waals surface area contributed by atoms with Gasteiger partial charge in [0.05, 0.1) is 18.3 Å². The molecule has 0 bridgehead atoms. The van der Waals surface area contributed by atoms with Crippen LogP contribution >= 0.6 is 15.9 Å². The van der Waals surface area contributed by atoms with Gasteiger partial charge in [0.25, 0.3) is 0 Å². The molecule has 1 atom stereocenters. The minimum Gasteiger partial charge on any atom is -0.481 e. The summed E-state index contributed by atoms with van der Waals surface area (Å²) in [6.45, 7) is 0.0524. The van der Waals surface area contributed by atoms with Crippen molar-refractivity contribution in [2.75, 3.05) is 11.9 Å². The number of fused-ring (bicyclic) bond motifs is 3. The number of benzene rings is 2. The van der Waals surface area contributed by atoms with E-state index < -0.39 is 30.4 Å². The highest BCUT2D eigenvalue weighted by atomic mass is 79.9. The van der Waals surface area contributed by atoms with Crippen molar-refractivity contribution in [3.8, 4) is 11.1 Å². The SMILES string of the molecule is O=C(O)CC(NC(=O)OCC1c2ccccc2-c2ccccc21)C(=O)Nc1cncc(Br)c1. The highest BCUT2D eigenvalue weighted by Crippen LogP contribution is 2.44. The number of hydrogen-bond acceptors (Lipinski definition) is 5. The van der Waals surface area contributed by atoms with Crippen LogP contribution in [0.5, 0.6) is 0 Å². The Balaban J connectivity index is 1.43. The molecule has 2 aromatic carbocycles. The van der Waals surface area contributed by atoms with E-state index in [1.807, 2.05) is 48.5 Å². The number of halogens is 1. The van der Waals surface area contributed by atoms with Crippen LogP contribution in [0.25, 0.3) is 11.1 Å². The lowest BCUT2D eigenvalue weighted by atomic mass is 9.98. The van der Waals surface area contributed by atoms with E-state index >= 15 is 0 Å². The molecule has 0 fully saturated rings. The Bertz CT molecular complexity index is 1170. The Hall–Kier alpha value is -3.72. The maximum absolute atomic E-state index is 12.6. The van der Waals surface area contributed by atoms with Gasteiger partial charge < -0.3 is 20.5 Å². The molecule has 0 spiro atoms. The first-order valence-corrected chi connectivity index (χ1v) is 11.0. The summed E-state index contributed by atoms with van der Waals surface area (Å²) < 4.78 is 6.07. The summed E-state index contributed by atoms with van der Waals surface area (Å²) in [4.78, 5) is 40.3. The number of rotatable bonds is 7. The number of nitrogens with zero attached hydrogens (tertiary/aromatic N) is 1. The minimum absolute atomic E-state index is 0.0524. The number of amides is 2. The van der Waals surface area contributed by atoms with Crippen LogP contribution in [0, 0.1) is 0 Å². The summed E-state index contributed by atoms with van der Waals surface area (Å²) in [5.41, 5.74) is 4.64. The van der Waals surface area contributed by atoms with Crippen LogP contribution in [0.3, 0.4) is 0 Å². The van der Waals surface area contributed by atoms with Gasteiger partial charge in [-0.15, -0.1) is 0 Å². The normalized spacial score (nSPS) is 12.9. The van der Waals surface area contributed by atoms with Gasteiger partial charge in [0.1, 0.15) is 12.6 Å². The summed E-state index contributed by atoms with van der Waals surface area (Å²) in [7, 11) is 0. The van der Waals surface area contributed by atoms with E-state index in [9.17, 15) is 19.5 Å². The number of aromatic nitrogens is 1. The average molecular weight is 510 g/mol. The number of anilines is 1. The average Bonchev–Trinajstić information content (AvgIpc) is 3.11. The third-order valence-electron chi connectivity index (χ3n) is 5.30. The Morgan fingerprint density at radius 3 is 2.27 bits per heavy atom. The van der Waals surface area contributed by atoms with E-state index in [4.69, 9.17) is 4.74 Å². The quantitative estimate of drug-likeness (QED) is 0.440. The lowest BCUT2D eigenvalue weighted by Gasteiger charge is -2.18. The fourth-order valence-electron chi connectivity index (χ4n) is 3.88. The van der Waals surface area contributed by atoms with Crippen LogP contribution in [0.4, 0.5) is 10.5 Å². The summed E-state index contributed by atoms with van der Waals surface area (Å²) in [6, 6.07) is 16.1. The number of aliphatic carboxylic acids is 1. The van der Waals surface area contributed by atoms with Crippen LogP contribution in [0.2, 0.25) is 0 Å². The summed E-state index contributed by atoms with van der Waals surface area (Å²) >= 11 is 3.25. The zero-order valence-corrected chi connectivity index (χ0v) is 18.9. The van der Waals surface area contributed by atoms with Crippen molar-refractivity contribution >= 4 is 39.6 Å². The topological polar surface area (TPSA) is 118 Å². The van der Waals surface area contributed by atoms with Crippen molar-refractivity contribution in [2.45, 2.75) is 18.4 Å². The fraction of sp³-hybridized carbons (Fsp3) is 0.167. The molecule has 1 unspecified atom stereocenters. The van der Waals surface area contributed by atoms with Crippen LogP contribution in [-0.2, 0) is 14.3 Å². The molecule has 0 saturated carbocycles. The number of carbonyl (C=O) groups excluding carboxylic acids is 2. The molecule has 8 nitrogen and oxygen atoms in total. The minimum atomic E-state index is -1.32. The second-order valence-corrected chi connectivity index (χ2v) is 8.42. The van der Waals surface area contributed by atoms with Crippen molar-refractivity contribution < 1.29 is 24.2 Å². The van der Waals surface area contributed by atoms with Crippen LogP contribution in [0.1, 0.15) is 23.5 Å². The molecule has 0 aliphatic heterocycles. The van der Waals surface area contributed by atoms with Crippen LogP contribution in [-0.4, -0.2) is 40.7 Å². The summed E-state index contributed by atoms with van der Waals surface area (Å²) in [5, 5.41) is 14.1. The van der Waals surface area contributed by atoms with Gasteiger partial charge in [0.15, 0.2) is 0 Å². The molecule has 4 rings (SSSR count). The van der Waals surface area contributed by atoms with Gasteiger partial charge in [0, 0.05) is 16.6 Å². The number of carboxylic acid groups (broad SMARTS) is 1. The molecule has 1 aliphatic rings. The first kappa shape index (κ1) is 22.5.